The van der Waals surface area contributed by atoms with E-state index in [9.17, 15) is 9.59 Å². The number of alkyl halides is 1. The molecule has 58 valence electrons. The average Bonchev–Trinajstić information content (AvgIpc) is 1.60. The Morgan fingerprint density at radius 1 is 1.40 bits per heavy atom. The van der Waals surface area contributed by atoms with Gasteiger partial charge in [-0.25, -0.2) is 0 Å². The second kappa shape index (κ2) is 3.56. The highest BCUT2D eigenvalue weighted by molar-refractivity contribution is 6.72. The summed E-state index contributed by atoms with van der Waals surface area (Å²) in [7, 11) is 0. The quantitative estimate of drug-likeness (QED) is 0.519. The highest BCUT2D eigenvalue weighted by atomic mass is 35.5. The van der Waals surface area contributed by atoms with Crippen LogP contribution in [-0.2, 0) is 9.59 Å². The minimum absolute atomic E-state index is 0.252. The van der Waals surface area contributed by atoms with E-state index < -0.39 is 15.4 Å². The van der Waals surface area contributed by atoms with E-state index in [0.717, 1.165) is 0 Å². The third kappa shape index (κ3) is 3.40. The number of hydrogen-bond donors (Lipinski definition) is 0. The van der Waals surface area contributed by atoms with E-state index >= 15 is 0 Å². The van der Waals surface area contributed by atoms with Crippen molar-refractivity contribution >= 4 is 45.3 Å². The molecule has 0 aromatic heterocycles. The monoisotopic (exact) mass is 202 g/mol. The van der Waals surface area contributed by atoms with Gasteiger partial charge in [0.25, 0.3) is 0 Å². The van der Waals surface area contributed by atoms with Crippen LogP contribution >= 0.6 is 34.8 Å². The smallest absolute Gasteiger partial charge is 0.242 e. The van der Waals surface area contributed by atoms with Crippen LogP contribution in [0.25, 0.3) is 0 Å². The van der Waals surface area contributed by atoms with E-state index in [4.69, 9.17) is 34.8 Å². The summed E-state index contributed by atoms with van der Waals surface area (Å²) in [6.07, 6.45) is -0.252. The molecule has 0 heterocycles. The second-order valence-electron chi connectivity index (χ2n) is 2.00. The maximum Gasteiger partial charge on any atom is 0.242 e. The van der Waals surface area contributed by atoms with E-state index in [1.54, 1.807) is 0 Å². The number of carbonyl (C=O) groups excluding carboxylic acids is 2. The first-order valence-corrected chi connectivity index (χ1v) is 3.57. The molecule has 0 spiro atoms. The molecule has 1 unspecified atom stereocenters. The minimum Gasteiger partial charge on any atom is -0.281 e. The second-order valence-corrected chi connectivity index (χ2v) is 3.60. The lowest BCUT2D eigenvalue weighted by Crippen LogP contribution is -2.26. The van der Waals surface area contributed by atoms with Crippen LogP contribution in [0.1, 0.15) is 13.3 Å². The van der Waals surface area contributed by atoms with E-state index in [-0.39, 0.29) is 6.42 Å². The zero-order valence-corrected chi connectivity index (χ0v) is 7.43. The Morgan fingerprint density at radius 2 is 1.80 bits per heavy atom. The molecule has 0 aliphatic rings. The molecule has 2 nitrogen and oxygen atoms in total. The highest BCUT2D eigenvalue weighted by Crippen LogP contribution is 2.23. The fraction of sp³-hybridized carbons (Fsp3) is 0.600. The summed E-state index contributed by atoms with van der Waals surface area (Å²) in [5.74, 6) is 0. The number of rotatable bonds is 3. The Bertz CT molecular complexity index is 164. The van der Waals surface area contributed by atoms with Crippen molar-refractivity contribution in [1.82, 2.24) is 0 Å². The molecule has 0 bridgehead atoms. The molecular weight excluding hydrogens is 198 g/mol. The zero-order chi connectivity index (χ0) is 8.36. The number of halogens is 3. The molecule has 0 rings (SSSR count). The van der Waals surface area contributed by atoms with Gasteiger partial charge in [0.2, 0.25) is 10.5 Å². The van der Waals surface area contributed by atoms with E-state index in [1.807, 2.05) is 0 Å². The van der Waals surface area contributed by atoms with Gasteiger partial charge in [-0.1, -0.05) is 0 Å². The van der Waals surface area contributed by atoms with Gasteiger partial charge in [-0.05, 0) is 30.1 Å². The topological polar surface area (TPSA) is 34.1 Å². The predicted octanol–water partition coefficient (Wildman–Crippen LogP) is 1.90. The summed E-state index contributed by atoms with van der Waals surface area (Å²) in [4.78, 5) is 19.3. The largest absolute Gasteiger partial charge is 0.281 e. The van der Waals surface area contributed by atoms with Crippen molar-refractivity contribution in [3.05, 3.63) is 0 Å². The van der Waals surface area contributed by atoms with Crippen LogP contribution in [0.5, 0.6) is 0 Å². The summed E-state index contributed by atoms with van der Waals surface area (Å²) in [6.45, 7) is 1.34. The molecule has 5 heteroatoms. The molecular formula is C5H5Cl3O2. The van der Waals surface area contributed by atoms with Crippen molar-refractivity contribution in [1.29, 1.82) is 0 Å². The van der Waals surface area contributed by atoms with Gasteiger partial charge < -0.3 is 0 Å². The van der Waals surface area contributed by atoms with Gasteiger partial charge >= 0.3 is 0 Å². The van der Waals surface area contributed by atoms with Gasteiger partial charge in [0.1, 0.15) is 4.87 Å². The molecule has 0 N–H and O–H groups in total. The van der Waals surface area contributed by atoms with Crippen molar-refractivity contribution in [3.8, 4) is 0 Å². The average molecular weight is 203 g/mol. The lowest BCUT2D eigenvalue weighted by atomic mass is 10.1. The SMILES string of the molecule is CC(Cl)(CC(=O)Cl)C(=O)Cl. The van der Waals surface area contributed by atoms with Crippen LogP contribution in [0.15, 0.2) is 0 Å². The number of carbonyl (C=O) groups is 2. The molecule has 0 amide bonds. The summed E-state index contributed by atoms with van der Waals surface area (Å²) in [5.41, 5.74) is 0. The summed E-state index contributed by atoms with van der Waals surface area (Å²) in [6, 6.07) is 0. The fourth-order valence-electron chi connectivity index (χ4n) is 0.330. The normalized spacial score (nSPS) is 16.0. The highest BCUT2D eigenvalue weighted by Gasteiger charge is 2.30. The van der Waals surface area contributed by atoms with E-state index in [0.29, 0.717) is 0 Å². The zero-order valence-electron chi connectivity index (χ0n) is 5.16. The summed E-state index contributed by atoms with van der Waals surface area (Å²) < 4.78 is 0. The van der Waals surface area contributed by atoms with E-state index in [1.165, 1.54) is 6.92 Å². The first kappa shape index (κ1) is 10.2. The molecule has 0 aliphatic carbocycles. The van der Waals surface area contributed by atoms with Gasteiger partial charge in [-0.3, -0.25) is 9.59 Å². The van der Waals surface area contributed by atoms with Crippen molar-refractivity contribution in [2.75, 3.05) is 0 Å². The van der Waals surface area contributed by atoms with Crippen LogP contribution in [0, 0.1) is 0 Å². The van der Waals surface area contributed by atoms with Crippen LogP contribution < -0.4 is 0 Å². The van der Waals surface area contributed by atoms with Gasteiger partial charge in [0.15, 0.2) is 0 Å². The predicted molar refractivity (Wildman–Crippen MR) is 40.6 cm³/mol. The molecule has 1 atom stereocenters. The molecule has 0 aromatic rings. The van der Waals surface area contributed by atoms with Crippen LogP contribution in [-0.4, -0.2) is 15.4 Å². The van der Waals surface area contributed by atoms with Crippen molar-refractivity contribution < 1.29 is 9.59 Å². The van der Waals surface area contributed by atoms with Crippen molar-refractivity contribution in [3.63, 3.8) is 0 Å². The summed E-state index contributed by atoms with van der Waals surface area (Å²) >= 11 is 15.5. The van der Waals surface area contributed by atoms with Gasteiger partial charge in [-0.15, -0.1) is 11.6 Å². The van der Waals surface area contributed by atoms with Crippen molar-refractivity contribution in [2.24, 2.45) is 0 Å². The summed E-state index contributed by atoms with van der Waals surface area (Å²) in [5, 5.41) is -1.45. The first-order chi connectivity index (χ1) is 4.36. The molecule has 0 radical (unpaired) electrons. The first-order valence-electron chi connectivity index (χ1n) is 2.43. The Morgan fingerprint density at radius 3 is 1.90 bits per heavy atom. The Labute approximate surface area is 73.4 Å². The van der Waals surface area contributed by atoms with Crippen molar-refractivity contribution in [2.45, 2.75) is 18.2 Å². The standard InChI is InChI=1S/C5H5Cl3O2/c1-5(8,4(7)10)2-3(6)9/h2H2,1H3. The van der Waals surface area contributed by atoms with Gasteiger partial charge in [0.05, 0.1) is 0 Å². The Hall–Kier alpha value is 0.210. The molecule has 0 saturated heterocycles. The lowest BCUT2D eigenvalue weighted by molar-refractivity contribution is -0.118. The minimum atomic E-state index is -1.36. The lowest BCUT2D eigenvalue weighted by Gasteiger charge is -2.12. The van der Waals surface area contributed by atoms with Crippen LogP contribution in [0.4, 0.5) is 0 Å². The fourth-order valence-corrected chi connectivity index (χ4v) is 0.854. The van der Waals surface area contributed by atoms with Crippen LogP contribution in [0.2, 0.25) is 0 Å². The van der Waals surface area contributed by atoms with Gasteiger partial charge in [0, 0.05) is 6.42 Å². The molecule has 0 saturated carbocycles. The maximum absolute atomic E-state index is 10.4. The molecule has 0 aromatic carbocycles. The van der Waals surface area contributed by atoms with Gasteiger partial charge in [-0.2, -0.15) is 0 Å². The number of hydrogen-bond acceptors (Lipinski definition) is 2. The Kier molecular flexibility index (Phi) is 3.63. The van der Waals surface area contributed by atoms with Crippen LogP contribution in [0.3, 0.4) is 0 Å². The molecule has 0 aliphatic heterocycles. The Balaban J connectivity index is 4.13. The van der Waals surface area contributed by atoms with E-state index in [2.05, 4.69) is 0 Å². The maximum atomic E-state index is 10.4. The molecule has 10 heavy (non-hydrogen) atoms. The third-order valence-electron chi connectivity index (χ3n) is 0.881. The third-order valence-corrected chi connectivity index (χ3v) is 1.83. The molecule has 0 fully saturated rings.